The summed E-state index contributed by atoms with van der Waals surface area (Å²) in [6.07, 6.45) is 63.0. The monoisotopic (exact) mass is 1020 g/mol. The highest BCUT2D eigenvalue weighted by Gasteiger charge is 2.44. The van der Waals surface area contributed by atoms with Crippen LogP contribution in [0.15, 0.2) is 48.6 Å². The number of nitrogens with one attached hydrogen (secondary N) is 1. The summed E-state index contributed by atoms with van der Waals surface area (Å²) in [5.41, 5.74) is 0. The largest absolute Gasteiger partial charge is 0.394 e. The number of aliphatic hydroxyl groups is 5. The van der Waals surface area contributed by atoms with Crippen LogP contribution in [0.25, 0.3) is 0 Å². The zero-order chi connectivity index (χ0) is 52.2. The Kier molecular flexibility index (Phi) is 49.8. The second-order valence-corrected chi connectivity index (χ2v) is 21.5. The molecule has 1 amide bonds. The highest BCUT2D eigenvalue weighted by Crippen LogP contribution is 2.23. The number of carbonyl (C=O) groups excluding carboxylic acids is 1. The third-order valence-corrected chi connectivity index (χ3v) is 14.7. The predicted molar refractivity (Wildman–Crippen MR) is 304 cm³/mol. The van der Waals surface area contributed by atoms with Crippen molar-refractivity contribution in [1.82, 2.24) is 5.32 Å². The van der Waals surface area contributed by atoms with E-state index in [0.717, 1.165) is 77.0 Å². The Bertz CT molecular complexity index is 1270. The van der Waals surface area contributed by atoms with Gasteiger partial charge in [-0.15, -0.1) is 0 Å². The zero-order valence-electron chi connectivity index (χ0n) is 46.9. The second-order valence-electron chi connectivity index (χ2n) is 21.5. The summed E-state index contributed by atoms with van der Waals surface area (Å²) < 4.78 is 11.3. The number of hydrogen-bond donors (Lipinski definition) is 6. The van der Waals surface area contributed by atoms with E-state index in [2.05, 4.69) is 67.8 Å². The van der Waals surface area contributed by atoms with Crippen molar-refractivity contribution in [3.63, 3.8) is 0 Å². The molecule has 0 radical (unpaired) electrons. The van der Waals surface area contributed by atoms with Gasteiger partial charge < -0.3 is 40.3 Å². The molecule has 7 atom stereocenters. The lowest BCUT2D eigenvalue weighted by molar-refractivity contribution is -0.302. The lowest BCUT2D eigenvalue weighted by Crippen LogP contribution is -2.60. The Hall–Kier alpha value is -1.85. The van der Waals surface area contributed by atoms with Crippen molar-refractivity contribution in [2.24, 2.45) is 0 Å². The molecule has 72 heavy (non-hydrogen) atoms. The summed E-state index contributed by atoms with van der Waals surface area (Å²) in [4.78, 5) is 13.1. The van der Waals surface area contributed by atoms with E-state index in [4.69, 9.17) is 9.47 Å². The lowest BCUT2D eigenvalue weighted by atomic mass is 9.99. The highest BCUT2D eigenvalue weighted by molar-refractivity contribution is 5.76. The number of hydrogen-bond acceptors (Lipinski definition) is 8. The summed E-state index contributed by atoms with van der Waals surface area (Å²) >= 11 is 0. The van der Waals surface area contributed by atoms with Gasteiger partial charge in [-0.1, -0.05) is 281 Å². The second kappa shape index (κ2) is 52.6. The Morgan fingerprint density at radius 1 is 0.486 bits per heavy atom. The molecule has 0 aromatic heterocycles. The average Bonchev–Trinajstić information content (AvgIpc) is 3.38. The fourth-order valence-electron chi connectivity index (χ4n) is 9.86. The third kappa shape index (κ3) is 41.4. The third-order valence-electron chi connectivity index (χ3n) is 14.7. The number of amides is 1. The quantitative estimate of drug-likeness (QED) is 0.0261. The fraction of sp³-hybridized carbons (Fsp3) is 0.857. The van der Waals surface area contributed by atoms with Gasteiger partial charge in [0.05, 0.1) is 25.4 Å². The molecule has 9 nitrogen and oxygen atoms in total. The lowest BCUT2D eigenvalue weighted by Gasteiger charge is -2.40. The van der Waals surface area contributed by atoms with E-state index < -0.39 is 49.5 Å². The first-order valence-electron chi connectivity index (χ1n) is 30.8. The summed E-state index contributed by atoms with van der Waals surface area (Å²) in [6, 6.07) is -0.730. The molecule has 0 aliphatic carbocycles. The van der Waals surface area contributed by atoms with Gasteiger partial charge >= 0.3 is 0 Å². The molecule has 1 rings (SSSR count). The molecule has 9 heteroatoms. The number of allylic oxidation sites excluding steroid dienone is 8. The number of aliphatic hydroxyl groups excluding tert-OH is 5. The molecule has 7 unspecified atom stereocenters. The minimum atomic E-state index is -1.56. The van der Waals surface area contributed by atoms with Crippen LogP contribution in [-0.2, 0) is 14.3 Å². The SMILES string of the molecule is CC/C=C\C/C=C\C/C=C\C/C=C\CCCCCCCCC(=O)NC(COC1OC(CO)C(O)C(O)C1O)C(O)CCCCCCCCCCCCCCCCCCCCCCCCCCCCCCCC. The Morgan fingerprint density at radius 2 is 0.861 bits per heavy atom. The van der Waals surface area contributed by atoms with Crippen LogP contribution in [0.4, 0.5) is 0 Å². The van der Waals surface area contributed by atoms with Gasteiger partial charge in [0.15, 0.2) is 6.29 Å². The predicted octanol–water partition coefficient (Wildman–Crippen LogP) is 15.7. The van der Waals surface area contributed by atoms with Gasteiger partial charge in [0.25, 0.3) is 0 Å². The fourth-order valence-corrected chi connectivity index (χ4v) is 9.86. The van der Waals surface area contributed by atoms with Crippen LogP contribution in [0.1, 0.15) is 290 Å². The maximum atomic E-state index is 13.1. The van der Waals surface area contributed by atoms with Gasteiger partial charge in [-0.2, -0.15) is 0 Å². The molecule has 1 saturated heterocycles. The molecule has 0 aromatic rings. The van der Waals surface area contributed by atoms with Crippen LogP contribution in [0.3, 0.4) is 0 Å². The maximum Gasteiger partial charge on any atom is 0.220 e. The molecule has 0 bridgehead atoms. The highest BCUT2D eigenvalue weighted by atomic mass is 16.7. The van der Waals surface area contributed by atoms with E-state index in [9.17, 15) is 30.3 Å². The molecule has 6 N–H and O–H groups in total. The molecule has 422 valence electrons. The zero-order valence-corrected chi connectivity index (χ0v) is 46.9. The normalized spacial score (nSPS) is 19.5. The van der Waals surface area contributed by atoms with Crippen molar-refractivity contribution >= 4 is 5.91 Å². The van der Waals surface area contributed by atoms with Crippen LogP contribution < -0.4 is 5.32 Å². The van der Waals surface area contributed by atoms with Crippen LogP contribution in [-0.4, -0.2) is 87.5 Å². The topological polar surface area (TPSA) is 149 Å². The van der Waals surface area contributed by atoms with Gasteiger partial charge in [-0.05, 0) is 51.4 Å². The van der Waals surface area contributed by atoms with Crippen molar-refractivity contribution in [3.8, 4) is 0 Å². The molecule has 0 saturated carbocycles. The number of ether oxygens (including phenoxy) is 2. The maximum absolute atomic E-state index is 13.1. The number of unbranched alkanes of at least 4 members (excludes halogenated alkanes) is 35. The summed E-state index contributed by atoms with van der Waals surface area (Å²) in [7, 11) is 0. The molecule has 0 aromatic carbocycles. The van der Waals surface area contributed by atoms with E-state index >= 15 is 0 Å². The summed E-state index contributed by atoms with van der Waals surface area (Å²) in [5.74, 6) is -0.156. The van der Waals surface area contributed by atoms with E-state index in [-0.39, 0.29) is 12.5 Å². The molecule has 0 spiro atoms. The standard InChI is InChI=1S/C63H117NO8/c1-3-5-7-9-11-13-15-17-19-21-23-24-25-26-27-28-29-30-31-32-33-35-36-38-40-42-44-46-48-50-52-57(66)56(55-71-63-62(70)61(69)60(68)58(54-65)72-63)64-59(67)53-51-49-47-45-43-41-39-37-34-22-20-18-16-14-12-10-8-6-4-2/h6,8,12,14,18,20,34,37,56-58,60-63,65-66,68-70H,3-5,7,9-11,13,15-17,19,21-33,35-36,38-55H2,1-2H3,(H,64,67)/b8-6-,14-12-,20-18-,37-34-. The van der Waals surface area contributed by atoms with Gasteiger partial charge in [-0.25, -0.2) is 0 Å². The van der Waals surface area contributed by atoms with E-state index in [1.54, 1.807) is 0 Å². The van der Waals surface area contributed by atoms with Gasteiger partial charge in [0.2, 0.25) is 5.91 Å². The van der Waals surface area contributed by atoms with Crippen LogP contribution in [0.5, 0.6) is 0 Å². The van der Waals surface area contributed by atoms with Crippen LogP contribution in [0.2, 0.25) is 0 Å². The molecular formula is C63H117NO8. The molecule has 1 heterocycles. The Morgan fingerprint density at radius 3 is 1.28 bits per heavy atom. The van der Waals surface area contributed by atoms with Crippen molar-refractivity contribution in [2.45, 2.75) is 333 Å². The van der Waals surface area contributed by atoms with Crippen molar-refractivity contribution in [3.05, 3.63) is 48.6 Å². The molecular weight excluding hydrogens is 899 g/mol. The number of carbonyl (C=O) groups is 1. The van der Waals surface area contributed by atoms with Gasteiger partial charge in [0, 0.05) is 6.42 Å². The summed E-state index contributed by atoms with van der Waals surface area (Å²) in [6.45, 7) is 3.75. The van der Waals surface area contributed by atoms with Crippen molar-refractivity contribution in [1.29, 1.82) is 0 Å². The Labute approximate surface area is 444 Å². The van der Waals surface area contributed by atoms with Crippen molar-refractivity contribution in [2.75, 3.05) is 13.2 Å². The minimum absolute atomic E-state index is 0.144. The van der Waals surface area contributed by atoms with E-state index in [1.165, 1.54) is 186 Å². The minimum Gasteiger partial charge on any atom is -0.394 e. The van der Waals surface area contributed by atoms with Crippen LogP contribution in [0, 0.1) is 0 Å². The first kappa shape index (κ1) is 68.2. The summed E-state index contributed by atoms with van der Waals surface area (Å²) in [5, 5.41) is 54.7. The molecule has 1 fully saturated rings. The van der Waals surface area contributed by atoms with E-state index in [0.29, 0.717) is 12.8 Å². The first-order chi connectivity index (χ1) is 35.3. The van der Waals surface area contributed by atoms with Crippen molar-refractivity contribution < 1.29 is 39.8 Å². The van der Waals surface area contributed by atoms with Crippen LogP contribution >= 0.6 is 0 Å². The smallest absolute Gasteiger partial charge is 0.220 e. The first-order valence-corrected chi connectivity index (χ1v) is 30.8. The Balaban J connectivity index is 2.15. The van der Waals surface area contributed by atoms with E-state index in [1.807, 2.05) is 0 Å². The molecule has 1 aliphatic heterocycles. The van der Waals surface area contributed by atoms with Gasteiger partial charge in [-0.3, -0.25) is 4.79 Å². The average molecular weight is 1020 g/mol. The molecule has 1 aliphatic rings. The number of rotatable bonds is 53. The van der Waals surface area contributed by atoms with Gasteiger partial charge in [0.1, 0.15) is 24.4 Å².